The topological polar surface area (TPSA) is 66.9 Å². The van der Waals surface area contributed by atoms with Crippen LogP contribution in [0.15, 0.2) is 28.6 Å². The van der Waals surface area contributed by atoms with E-state index in [-0.39, 0.29) is 11.2 Å². The smallest absolute Gasteiger partial charge is 0.233 e. The lowest BCUT2D eigenvalue weighted by Crippen LogP contribution is -2.30. The van der Waals surface area contributed by atoms with Gasteiger partial charge in [-0.25, -0.2) is 0 Å². The monoisotopic (exact) mass is 342 g/mol. The van der Waals surface area contributed by atoms with E-state index in [1.165, 1.54) is 23.1 Å². The second kappa shape index (κ2) is 7.63. The van der Waals surface area contributed by atoms with Gasteiger partial charge in [0.15, 0.2) is 4.34 Å². The van der Waals surface area contributed by atoms with Gasteiger partial charge < -0.3 is 10.6 Å². The third kappa shape index (κ3) is 4.87. The van der Waals surface area contributed by atoms with E-state index < -0.39 is 0 Å². The number of carbonyl (C=O) groups excluding carboxylic acids is 1. The molecule has 0 saturated carbocycles. The maximum absolute atomic E-state index is 12.0. The molecule has 2 N–H and O–H groups in total. The molecule has 112 valence electrons. The molecule has 8 heteroatoms. The first-order chi connectivity index (χ1) is 10.1. The third-order valence-electron chi connectivity index (χ3n) is 2.65. The van der Waals surface area contributed by atoms with Crippen molar-refractivity contribution in [3.05, 3.63) is 34.9 Å². The second-order valence-electron chi connectivity index (χ2n) is 4.23. The van der Waals surface area contributed by atoms with Crippen LogP contribution in [0.3, 0.4) is 0 Å². The number of hydrogen-bond donors (Lipinski definition) is 2. The van der Waals surface area contributed by atoms with Crippen molar-refractivity contribution in [2.24, 2.45) is 0 Å². The van der Waals surface area contributed by atoms with Gasteiger partial charge in [-0.3, -0.25) is 4.79 Å². The van der Waals surface area contributed by atoms with E-state index in [0.717, 1.165) is 15.0 Å². The molecule has 0 saturated heterocycles. The van der Waals surface area contributed by atoms with Crippen LogP contribution in [-0.4, -0.2) is 28.4 Å². The zero-order valence-corrected chi connectivity index (χ0v) is 14.0. The minimum Gasteiger partial charge on any atom is -0.363 e. The Bertz CT molecular complexity index is 602. The minimum atomic E-state index is -0.227. The Morgan fingerprint density at radius 3 is 2.71 bits per heavy atom. The van der Waals surface area contributed by atoms with Gasteiger partial charge in [0, 0.05) is 18.6 Å². The molecule has 21 heavy (non-hydrogen) atoms. The van der Waals surface area contributed by atoms with E-state index in [1.54, 1.807) is 7.05 Å². The van der Waals surface area contributed by atoms with Gasteiger partial charge in [-0.1, -0.05) is 46.8 Å². The average molecular weight is 343 g/mol. The molecule has 1 aromatic heterocycles. The van der Waals surface area contributed by atoms with Gasteiger partial charge in [0.05, 0.1) is 5.25 Å². The Morgan fingerprint density at radius 1 is 1.38 bits per heavy atom. The highest BCUT2D eigenvalue weighted by Crippen LogP contribution is 2.28. The number of benzene rings is 1. The zero-order valence-electron chi connectivity index (χ0n) is 11.6. The fourth-order valence-corrected chi connectivity index (χ4v) is 3.50. The molecule has 0 aliphatic carbocycles. The molecule has 0 fully saturated rings. The highest BCUT2D eigenvalue weighted by Gasteiger charge is 2.16. The quantitative estimate of drug-likeness (QED) is 0.790. The first-order valence-electron chi connectivity index (χ1n) is 6.28. The predicted octanol–water partition coefficient (Wildman–Crippen LogP) is 3.03. The molecule has 2 aromatic rings. The Kier molecular flexibility index (Phi) is 5.84. The summed E-state index contributed by atoms with van der Waals surface area (Å²) < 4.78 is 0.772. The van der Waals surface area contributed by atoms with Crippen LogP contribution in [0.2, 0.25) is 5.02 Å². The summed E-state index contributed by atoms with van der Waals surface area (Å²) in [6.07, 6.45) is 0. The Balaban J connectivity index is 1.83. The summed E-state index contributed by atoms with van der Waals surface area (Å²) >= 11 is 8.65. The van der Waals surface area contributed by atoms with Gasteiger partial charge in [0.2, 0.25) is 11.0 Å². The summed E-state index contributed by atoms with van der Waals surface area (Å²) in [5.41, 5.74) is 1.01. The molecule has 0 radical (unpaired) electrons. The van der Waals surface area contributed by atoms with Gasteiger partial charge in [-0.05, 0) is 24.6 Å². The fourth-order valence-electron chi connectivity index (χ4n) is 1.50. The number of halogens is 1. The summed E-state index contributed by atoms with van der Waals surface area (Å²) in [5.74, 6) is -0.0313. The van der Waals surface area contributed by atoms with Crippen molar-refractivity contribution < 1.29 is 4.79 Å². The number of rotatable bonds is 6. The Morgan fingerprint density at radius 2 is 2.10 bits per heavy atom. The largest absolute Gasteiger partial charge is 0.363 e. The van der Waals surface area contributed by atoms with E-state index in [2.05, 4.69) is 20.8 Å². The van der Waals surface area contributed by atoms with Crippen LogP contribution >= 0.6 is 34.7 Å². The molecule has 0 unspecified atom stereocenters. The summed E-state index contributed by atoms with van der Waals surface area (Å²) in [6, 6.07) is 7.40. The summed E-state index contributed by atoms with van der Waals surface area (Å²) in [5, 5.41) is 15.0. The number of carbonyl (C=O) groups is 1. The summed E-state index contributed by atoms with van der Waals surface area (Å²) in [4.78, 5) is 12.0. The molecule has 1 amide bonds. The van der Waals surface area contributed by atoms with Crippen molar-refractivity contribution in [2.75, 3.05) is 12.4 Å². The van der Waals surface area contributed by atoms with Crippen LogP contribution in [0.1, 0.15) is 12.5 Å². The summed E-state index contributed by atoms with van der Waals surface area (Å²) in [6.45, 7) is 2.33. The van der Waals surface area contributed by atoms with Crippen LogP contribution in [0.25, 0.3) is 0 Å². The minimum absolute atomic E-state index is 0.0313. The average Bonchev–Trinajstić information content (AvgIpc) is 2.94. The molecule has 0 aliphatic heterocycles. The number of nitrogens with zero attached hydrogens (tertiary/aromatic N) is 2. The standard InChI is InChI=1S/C13H15ClN4OS2/c1-8(20-13-18-17-12(15-2)21-13)11(19)16-7-9-3-5-10(14)6-4-9/h3-6,8H,7H2,1-2H3,(H,15,17)(H,16,19)/t8-/m0/s1. The molecule has 1 atom stereocenters. The molecule has 2 rings (SSSR count). The maximum Gasteiger partial charge on any atom is 0.233 e. The van der Waals surface area contributed by atoms with Gasteiger partial charge >= 0.3 is 0 Å². The molecule has 0 spiro atoms. The van der Waals surface area contributed by atoms with Gasteiger partial charge in [0.25, 0.3) is 0 Å². The van der Waals surface area contributed by atoms with E-state index >= 15 is 0 Å². The number of nitrogens with one attached hydrogen (secondary N) is 2. The highest BCUT2D eigenvalue weighted by atomic mass is 35.5. The summed E-state index contributed by atoms with van der Waals surface area (Å²) in [7, 11) is 1.79. The van der Waals surface area contributed by atoms with Crippen LogP contribution in [0, 0.1) is 0 Å². The van der Waals surface area contributed by atoms with Crippen molar-refractivity contribution in [1.82, 2.24) is 15.5 Å². The first-order valence-corrected chi connectivity index (χ1v) is 8.36. The normalized spacial score (nSPS) is 12.0. The SMILES string of the molecule is CNc1nnc(S[C@@H](C)C(=O)NCc2ccc(Cl)cc2)s1. The van der Waals surface area contributed by atoms with Crippen LogP contribution in [0.5, 0.6) is 0 Å². The number of thioether (sulfide) groups is 1. The van der Waals surface area contributed by atoms with Crippen molar-refractivity contribution in [1.29, 1.82) is 0 Å². The first kappa shape index (κ1) is 16.1. The lowest BCUT2D eigenvalue weighted by molar-refractivity contribution is -0.120. The van der Waals surface area contributed by atoms with Crippen molar-refractivity contribution in [2.45, 2.75) is 23.1 Å². The zero-order chi connectivity index (χ0) is 15.2. The van der Waals surface area contributed by atoms with E-state index in [4.69, 9.17) is 11.6 Å². The number of anilines is 1. The molecule has 1 aromatic carbocycles. The van der Waals surface area contributed by atoms with Crippen molar-refractivity contribution in [3.63, 3.8) is 0 Å². The molecule has 0 bridgehead atoms. The molecule has 5 nitrogen and oxygen atoms in total. The van der Waals surface area contributed by atoms with Gasteiger partial charge in [0.1, 0.15) is 0 Å². The van der Waals surface area contributed by atoms with E-state index in [0.29, 0.717) is 11.6 Å². The molecule has 0 aliphatic rings. The third-order valence-corrected chi connectivity index (χ3v) is 5.02. The number of aromatic nitrogens is 2. The lowest BCUT2D eigenvalue weighted by atomic mass is 10.2. The van der Waals surface area contributed by atoms with Crippen LogP contribution in [-0.2, 0) is 11.3 Å². The van der Waals surface area contributed by atoms with Crippen LogP contribution in [0.4, 0.5) is 5.13 Å². The number of amides is 1. The van der Waals surface area contributed by atoms with Gasteiger partial charge in [-0.15, -0.1) is 10.2 Å². The lowest BCUT2D eigenvalue weighted by Gasteiger charge is -2.10. The predicted molar refractivity (Wildman–Crippen MR) is 88.1 cm³/mol. The molecular weight excluding hydrogens is 328 g/mol. The second-order valence-corrected chi connectivity index (χ2v) is 7.23. The number of hydrogen-bond acceptors (Lipinski definition) is 6. The fraction of sp³-hybridized carbons (Fsp3) is 0.308. The highest BCUT2D eigenvalue weighted by molar-refractivity contribution is 8.02. The maximum atomic E-state index is 12.0. The molecule has 1 heterocycles. The Hall–Kier alpha value is -1.31. The van der Waals surface area contributed by atoms with E-state index in [1.807, 2.05) is 31.2 Å². The molecular formula is C13H15ClN4OS2. The van der Waals surface area contributed by atoms with Crippen molar-refractivity contribution >= 4 is 45.7 Å². The van der Waals surface area contributed by atoms with Crippen molar-refractivity contribution in [3.8, 4) is 0 Å². The van der Waals surface area contributed by atoms with Gasteiger partial charge in [-0.2, -0.15) is 0 Å². The Labute approximate surface area is 136 Å². The van der Waals surface area contributed by atoms with Crippen LogP contribution < -0.4 is 10.6 Å². The van der Waals surface area contributed by atoms with E-state index in [9.17, 15) is 4.79 Å².